The zero-order valence-electron chi connectivity index (χ0n) is 15.7. The second-order valence-corrected chi connectivity index (χ2v) is 8.05. The molecule has 1 aliphatic carbocycles. The van der Waals surface area contributed by atoms with Crippen molar-refractivity contribution in [3.63, 3.8) is 0 Å². The van der Waals surface area contributed by atoms with Crippen molar-refractivity contribution in [1.29, 1.82) is 0 Å². The molecule has 0 unspecified atom stereocenters. The predicted molar refractivity (Wildman–Crippen MR) is 106 cm³/mol. The highest BCUT2D eigenvalue weighted by molar-refractivity contribution is 6.28. The van der Waals surface area contributed by atoms with Crippen molar-refractivity contribution in [3.05, 3.63) is 41.3 Å². The summed E-state index contributed by atoms with van der Waals surface area (Å²) in [5.74, 6) is 0.452. The summed E-state index contributed by atoms with van der Waals surface area (Å²) in [5, 5.41) is 6.30. The molecule has 7 nitrogen and oxygen atoms in total. The Balaban J connectivity index is 1.73. The summed E-state index contributed by atoms with van der Waals surface area (Å²) in [5.41, 5.74) is 7.22. The van der Waals surface area contributed by atoms with Gasteiger partial charge in [0.15, 0.2) is 5.82 Å². The fourth-order valence-corrected chi connectivity index (χ4v) is 3.13. The molecule has 144 valence electrons. The van der Waals surface area contributed by atoms with E-state index in [1.165, 1.54) is 6.20 Å². The Morgan fingerprint density at radius 2 is 1.93 bits per heavy atom. The van der Waals surface area contributed by atoms with Gasteiger partial charge in [-0.2, -0.15) is 4.98 Å². The average Bonchev–Trinajstić information content (AvgIpc) is 2.54. The first kappa shape index (κ1) is 19.2. The molecule has 1 heterocycles. The molecule has 1 aromatic heterocycles. The third kappa shape index (κ3) is 4.60. The van der Waals surface area contributed by atoms with E-state index in [1.807, 2.05) is 45.0 Å². The first-order valence-corrected chi connectivity index (χ1v) is 9.21. The van der Waals surface area contributed by atoms with Crippen molar-refractivity contribution in [2.75, 3.05) is 11.1 Å². The number of hydrogen-bond acceptors (Lipinski definition) is 6. The van der Waals surface area contributed by atoms with Gasteiger partial charge in [0.05, 0.1) is 17.4 Å². The summed E-state index contributed by atoms with van der Waals surface area (Å²) in [7, 11) is 0. The van der Waals surface area contributed by atoms with E-state index in [9.17, 15) is 4.79 Å². The topological polar surface area (TPSA) is 102 Å². The Kier molecular flexibility index (Phi) is 5.15. The highest BCUT2D eigenvalue weighted by Gasteiger charge is 2.41. The highest BCUT2D eigenvalue weighted by atomic mass is 35.5. The number of nitrogens with one attached hydrogen (secondary N) is 2. The standard InChI is InChI=1S/C19H24ClN5O2/c1-18(2,3)27-17(26)25-19(9-4-10-19)12-5-7-13(8-6-12)23-15-14(21)11-22-16(20)24-15/h5-8,11H,4,9-10,21H2,1-3H3,(H,25,26)(H,22,23,24). The number of alkyl carbamates (subject to hydrolysis) is 1. The van der Waals surface area contributed by atoms with Crippen LogP contribution in [0.25, 0.3) is 0 Å². The molecule has 2 aromatic rings. The molecule has 1 aliphatic rings. The zero-order chi connectivity index (χ0) is 19.7. The van der Waals surface area contributed by atoms with Gasteiger partial charge < -0.3 is 21.1 Å². The molecule has 0 atom stereocenters. The van der Waals surface area contributed by atoms with Crippen LogP contribution < -0.4 is 16.4 Å². The molecule has 0 aliphatic heterocycles. The smallest absolute Gasteiger partial charge is 0.408 e. The van der Waals surface area contributed by atoms with Crippen molar-refractivity contribution < 1.29 is 9.53 Å². The molecule has 1 aromatic carbocycles. The molecule has 0 saturated heterocycles. The van der Waals surface area contributed by atoms with Gasteiger partial charge in [0.2, 0.25) is 5.28 Å². The zero-order valence-corrected chi connectivity index (χ0v) is 16.4. The number of carbonyl (C=O) groups excluding carboxylic acids is 1. The lowest BCUT2D eigenvalue weighted by atomic mass is 9.72. The summed E-state index contributed by atoms with van der Waals surface area (Å²) >= 11 is 5.82. The van der Waals surface area contributed by atoms with Gasteiger partial charge in [-0.1, -0.05) is 12.1 Å². The van der Waals surface area contributed by atoms with Crippen LogP contribution in [-0.2, 0) is 10.3 Å². The summed E-state index contributed by atoms with van der Waals surface area (Å²) in [6, 6.07) is 7.80. The molecular weight excluding hydrogens is 366 g/mol. The number of ether oxygens (including phenoxy) is 1. The van der Waals surface area contributed by atoms with E-state index in [4.69, 9.17) is 22.1 Å². The van der Waals surface area contributed by atoms with Gasteiger partial charge in [-0.15, -0.1) is 0 Å². The minimum absolute atomic E-state index is 0.123. The van der Waals surface area contributed by atoms with Crippen LogP contribution in [0.4, 0.5) is 22.0 Å². The Hall–Kier alpha value is -2.54. The van der Waals surface area contributed by atoms with Gasteiger partial charge in [0.25, 0.3) is 0 Å². The van der Waals surface area contributed by atoms with Crippen molar-refractivity contribution in [2.45, 2.75) is 51.2 Å². The van der Waals surface area contributed by atoms with Gasteiger partial charge in [-0.05, 0) is 69.3 Å². The normalized spacial score (nSPS) is 15.6. The number of nitrogen functional groups attached to an aromatic ring is 1. The van der Waals surface area contributed by atoms with Gasteiger partial charge in [0.1, 0.15) is 5.60 Å². The van der Waals surface area contributed by atoms with Gasteiger partial charge in [-0.3, -0.25) is 0 Å². The van der Waals surface area contributed by atoms with E-state index >= 15 is 0 Å². The monoisotopic (exact) mass is 389 g/mol. The maximum atomic E-state index is 12.2. The first-order chi connectivity index (χ1) is 12.7. The number of benzene rings is 1. The Bertz CT molecular complexity index is 829. The van der Waals surface area contributed by atoms with E-state index in [-0.39, 0.29) is 10.8 Å². The third-order valence-electron chi connectivity index (χ3n) is 4.44. The molecule has 0 bridgehead atoms. The highest BCUT2D eigenvalue weighted by Crippen LogP contribution is 2.42. The lowest BCUT2D eigenvalue weighted by molar-refractivity contribution is 0.0377. The third-order valence-corrected chi connectivity index (χ3v) is 4.62. The summed E-state index contributed by atoms with van der Waals surface area (Å²) < 4.78 is 5.41. The van der Waals surface area contributed by atoms with Crippen LogP contribution in [0.5, 0.6) is 0 Å². The number of nitrogens with two attached hydrogens (primary N) is 1. The molecule has 1 saturated carbocycles. The Morgan fingerprint density at radius 1 is 1.26 bits per heavy atom. The Labute approximate surface area is 163 Å². The number of anilines is 3. The van der Waals surface area contributed by atoms with Crippen LogP contribution in [-0.4, -0.2) is 21.7 Å². The second-order valence-electron chi connectivity index (χ2n) is 7.71. The van der Waals surface area contributed by atoms with Crippen LogP contribution in [0.2, 0.25) is 5.28 Å². The van der Waals surface area contributed by atoms with Crippen molar-refractivity contribution in [1.82, 2.24) is 15.3 Å². The molecule has 27 heavy (non-hydrogen) atoms. The minimum atomic E-state index is -0.526. The van der Waals surface area contributed by atoms with Crippen LogP contribution in [0, 0.1) is 0 Å². The fraction of sp³-hybridized carbons (Fsp3) is 0.421. The predicted octanol–water partition coefficient (Wildman–Crippen LogP) is 4.36. The molecule has 4 N–H and O–H groups in total. The van der Waals surface area contributed by atoms with Crippen molar-refractivity contribution >= 4 is 34.9 Å². The average molecular weight is 390 g/mol. The number of aromatic nitrogens is 2. The quantitative estimate of drug-likeness (QED) is 0.671. The van der Waals surface area contributed by atoms with Crippen LogP contribution in [0.1, 0.15) is 45.6 Å². The lowest BCUT2D eigenvalue weighted by Crippen LogP contribution is -2.52. The molecule has 1 amide bonds. The summed E-state index contributed by atoms with van der Waals surface area (Å²) in [6.07, 6.45) is 3.89. The molecular formula is C19H24ClN5O2. The number of rotatable bonds is 4. The second kappa shape index (κ2) is 7.23. The Morgan fingerprint density at radius 3 is 2.48 bits per heavy atom. The van der Waals surface area contributed by atoms with Gasteiger partial charge >= 0.3 is 6.09 Å². The number of amides is 1. The number of nitrogens with zero attached hydrogens (tertiary/aromatic N) is 2. The summed E-state index contributed by atoms with van der Waals surface area (Å²) in [6.45, 7) is 5.56. The number of halogens is 1. The largest absolute Gasteiger partial charge is 0.444 e. The fourth-order valence-electron chi connectivity index (χ4n) is 2.99. The minimum Gasteiger partial charge on any atom is -0.444 e. The van der Waals surface area contributed by atoms with E-state index in [1.54, 1.807) is 0 Å². The maximum absolute atomic E-state index is 12.2. The van der Waals surface area contributed by atoms with E-state index in [0.717, 1.165) is 30.5 Å². The van der Waals surface area contributed by atoms with Gasteiger partial charge in [-0.25, -0.2) is 9.78 Å². The van der Waals surface area contributed by atoms with Crippen LogP contribution in [0.15, 0.2) is 30.5 Å². The molecule has 8 heteroatoms. The maximum Gasteiger partial charge on any atom is 0.408 e. The molecule has 1 fully saturated rings. The molecule has 3 rings (SSSR count). The van der Waals surface area contributed by atoms with Crippen molar-refractivity contribution in [2.24, 2.45) is 0 Å². The lowest BCUT2D eigenvalue weighted by Gasteiger charge is -2.43. The first-order valence-electron chi connectivity index (χ1n) is 8.84. The SMILES string of the molecule is CC(C)(C)OC(=O)NC1(c2ccc(Nc3nc(Cl)ncc3N)cc2)CCC1. The number of carbonyl (C=O) groups is 1. The molecule has 0 spiro atoms. The molecule has 0 radical (unpaired) electrons. The van der Waals surface area contributed by atoms with Crippen LogP contribution >= 0.6 is 11.6 Å². The van der Waals surface area contributed by atoms with Gasteiger partial charge in [0, 0.05) is 5.69 Å². The van der Waals surface area contributed by atoms with E-state index in [2.05, 4.69) is 20.6 Å². The van der Waals surface area contributed by atoms with E-state index in [0.29, 0.717) is 11.5 Å². The van der Waals surface area contributed by atoms with E-state index < -0.39 is 11.7 Å². The van der Waals surface area contributed by atoms with Crippen LogP contribution in [0.3, 0.4) is 0 Å². The number of hydrogen-bond donors (Lipinski definition) is 3. The van der Waals surface area contributed by atoms with Crippen molar-refractivity contribution in [3.8, 4) is 0 Å². The summed E-state index contributed by atoms with van der Waals surface area (Å²) in [4.78, 5) is 20.2.